The van der Waals surface area contributed by atoms with Crippen LogP contribution in [0.5, 0.6) is 0 Å². The molecule has 0 unspecified atom stereocenters. The monoisotopic (exact) mass is 396 g/mol. The summed E-state index contributed by atoms with van der Waals surface area (Å²) >= 11 is 0. The Balaban J connectivity index is 1.42. The molecule has 1 saturated carbocycles. The molecule has 0 spiro atoms. The minimum Gasteiger partial charge on any atom is -0.349 e. The number of aromatic nitrogens is 2. The first kappa shape index (κ1) is 19.9. The van der Waals surface area contributed by atoms with Crippen molar-refractivity contribution in [2.45, 2.75) is 56.2 Å². The van der Waals surface area contributed by atoms with Crippen molar-refractivity contribution in [1.29, 1.82) is 0 Å². The number of hydrogen-bond donors (Lipinski definition) is 1. The minimum atomic E-state index is -3.16. The predicted molar refractivity (Wildman–Crippen MR) is 101 cm³/mol. The third kappa shape index (κ3) is 5.09. The number of rotatable bonds is 6. The van der Waals surface area contributed by atoms with Crippen molar-refractivity contribution >= 4 is 21.7 Å². The van der Waals surface area contributed by atoms with Gasteiger partial charge < -0.3 is 10.2 Å². The average molecular weight is 397 g/mol. The van der Waals surface area contributed by atoms with Crippen molar-refractivity contribution in [3.63, 3.8) is 0 Å². The number of carbonyl (C=O) groups is 2. The zero-order chi connectivity index (χ0) is 19.4. The Labute approximate surface area is 160 Å². The van der Waals surface area contributed by atoms with Crippen LogP contribution in [-0.2, 0) is 21.7 Å². The molecular formula is C18H28N4O4S. The Morgan fingerprint density at radius 2 is 1.85 bits per heavy atom. The van der Waals surface area contributed by atoms with E-state index in [1.165, 1.54) is 6.20 Å². The van der Waals surface area contributed by atoms with E-state index in [1.54, 1.807) is 22.8 Å². The molecule has 1 N–H and O–H groups in total. The van der Waals surface area contributed by atoms with Gasteiger partial charge in [-0.1, -0.05) is 12.8 Å². The van der Waals surface area contributed by atoms with Crippen LogP contribution in [0.4, 0.5) is 0 Å². The van der Waals surface area contributed by atoms with Crippen LogP contribution in [-0.4, -0.2) is 65.0 Å². The third-order valence-electron chi connectivity index (χ3n) is 5.56. The molecule has 1 aliphatic carbocycles. The van der Waals surface area contributed by atoms with Crippen molar-refractivity contribution < 1.29 is 18.0 Å². The highest BCUT2D eigenvalue weighted by Crippen LogP contribution is 2.25. The van der Waals surface area contributed by atoms with E-state index in [2.05, 4.69) is 10.4 Å². The lowest BCUT2D eigenvalue weighted by Gasteiger charge is -2.32. The van der Waals surface area contributed by atoms with Crippen LogP contribution in [0.3, 0.4) is 0 Å². The number of amides is 2. The number of nitrogens with zero attached hydrogens (tertiary/aromatic N) is 3. The molecule has 2 heterocycles. The number of hydrogen-bond acceptors (Lipinski definition) is 5. The molecule has 9 heteroatoms. The second kappa shape index (κ2) is 8.41. The molecule has 3 rings (SSSR count). The van der Waals surface area contributed by atoms with Crippen LogP contribution in [0.15, 0.2) is 12.4 Å². The van der Waals surface area contributed by atoms with Crippen LogP contribution in [0, 0.1) is 0 Å². The van der Waals surface area contributed by atoms with E-state index in [0.717, 1.165) is 25.7 Å². The summed E-state index contributed by atoms with van der Waals surface area (Å²) in [5, 5.41) is 6.71. The highest BCUT2D eigenvalue weighted by atomic mass is 32.2. The number of aryl methyl sites for hydroxylation is 1. The number of piperidine rings is 1. The van der Waals surface area contributed by atoms with Gasteiger partial charge in [-0.05, 0) is 25.7 Å². The van der Waals surface area contributed by atoms with Crippen molar-refractivity contribution in [3.05, 3.63) is 18.0 Å². The topological polar surface area (TPSA) is 101 Å². The predicted octanol–water partition coefficient (Wildman–Crippen LogP) is 0.888. The summed E-state index contributed by atoms with van der Waals surface area (Å²) in [5.74, 6) is -0.308. The lowest BCUT2D eigenvalue weighted by atomic mass is 10.0. The molecule has 2 aliphatic rings. The molecule has 150 valence electrons. The molecule has 2 amide bonds. The van der Waals surface area contributed by atoms with Gasteiger partial charge in [0.2, 0.25) is 5.91 Å². The van der Waals surface area contributed by atoms with Gasteiger partial charge in [0.1, 0.15) is 0 Å². The van der Waals surface area contributed by atoms with Crippen molar-refractivity contribution in [3.8, 4) is 0 Å². The van der Waals surface area contributed by atoms with Gasteiger partial charge in [-0.2, -0.15) is 5.10 Å². The van der Waals surface area contributed by atoms with Gasteiger partial charge in [0, 0.05) is 38.8 Å². The lowest BCUT2D eigenvalue weighted by Crippen LogP contribution is -2.46. The first-order valence-corrected chi connectivity index (χ1v) is 11.4. The highest BCUT2D eigenvalue weighted by molar-refractivity contribution is 7.92. The Hall–Kier alpha value is -1.90. The Morgan fingerprint density at radius 1 is 1.19 bits per heavy atom. The van der Waals surface area contributed by atoms with Crippen molar-refractivity contribution in [2.24, 2.45) is 7.05 Å². The maximum atomic E-state index is 12.4. The first-order chi connectivity index (χ1) is 12.8. The Kier molecular flexibility index (Phi) is 6.18. The van der Waals surface area contributed by atoms with Crippen LogP contribution in [0.25, 0.3) is 0 Å². The lowest BCUT2D eigenvalue weighted by molar-refractivity contribution is -0.131. The summed E-state index contributed by atoms with van der Waals surface area (Å²) in [5.41, 5.74) is 0.521. The van der Waals surface area contributed by atoms with Gasteiger partial charge in [-0.3, -0.25) is 14.3 Å². The van der Waals surface area contributed by atoms with Crippen LogP contribution in [0.2, 0.25) is 0 Å². The Bertz CT molecular complexity index is 775. The quantitative estimate of drug-likeness (QED) is 0.769. The maximum absolute atomic E-state index is 12.4. The Morgan fingerprint density at radius 3 is 2.44 bits per heavy atom. The van der Waals surface area contributed by atoms with Gasteiger partial charge in [-0.15, -0.1) is 0 Å². The number of carbonyl (C=O) groups excluding carboxylic acids is 2. The van der Waals surface area contributed by atoms with Gasteiger partial charge >= 0.3 is 0 Å². The number of sulfone groups is 1. The number of nitrogens with one attached hydrogen (secondary N) is 1. The summed E-state index contributed by atoms with van der Waals surface area (Å²) in [6.07, 6.45) is 8.01. The largest absolute Gasteiger partial charge is 0.349 e. The summed E-state index contributed by atoms with van der Waals surface area (Å²) < 4.78 is 26.2. The zero-order valence-electron chi connectivity index (χ0n) is 15.8. The fourth-order valence-electron chi connectivity index (χ4n) is 3.88. The SMILES string of the molecule is Cn1cc(C(=O)NC2CCN(C(=O)CCS(=O)(=O)C3CCCC3)CC2)cn1. The molecule has 1 aliphatic heterocycles. The van der Waals surface area contributed by atoms with Gasteiger partial charge in [-0.25, -0.2) is 8.42 Å². The fraction of sp³-hybridized carbons (Fsp3) is 0.722. The molecule has 8 nitrogen and oxygen atoms in total. The molecule has 1 saturated heterocycles. The average Bonchev–Trinajstić information content (AvgIpc) is 3.32. The summed E-state index contributed by atoms with van der Waals surface area (Å²) in [6.45, 7) is 1.08. The van der Waals surface area contributed by atoms with Crippen LogP contribution in [0.1, 0.15) is 55.3 Å². The van der Waals surface area contributed by atoms with Gasteiger partial charge in [0.25, 0.3) is 5.91 Å². The van der Waals surface area contributed by atoms with E-state index in [4.69, 9.17) is 0 Å². The van der Waals surface area contributed by atoms with Crippen LogP contribution < -0.4 is 5.32 Å². The van der Waals surface area contributed by atoms with Gasteiger partial charge in [0.15, 0.2) is 9.84 Å². The number of likely N-dealkylation sites (tertiary alicyclic amines) is 1. The van der Waals surface area contributed by atoms with E-state index >= 15 is 0 Å². The summed E-state index contributed by atoms with van der Waals surface area (Å²) in [4.78, 5) is 26.3. The van der Waals surface area contributed by atoms with E-state index in [1.807, 2.05) is 0 Å². The third-order valence-corrected chi connectivity index (χ3v) is 7.82. The second-order valence-corrected chi connectivity index (χ2v) is 9.96. The zero-order valence-corrected chi connectivity index (χ0v) is 16.6. The first-order valence-electron chi connectivity index (χ1n) is 9.64. The van der Waals surface area contributed by atoms with E-state index in [9.17, 15) is 18.0 Å². The standard InChI is InChI=1S/C18H28N4O4S/c1-21-13-14(12-19-21)18(24)20-15-6-9-22(10-7-15)17(23)8-11-27(25,26)16-4-2-3-5-16/h12-13,15-16H,2-11H2,1H3,(H,20,24). The molecule has 2 fully saturated rings. The molecular weight excluding hydrogens is 368 g/mol. The molecule has 0 atom stereocenters. The second-order valence-electron chi connectivity index (χ2n) is 7.55. The molecule has 27 heavy (non-hydrogen) atoms. The van der Waals surface area contributed by atoms with Crippen molar-refractivity contribution in [2.75, 3.05) is 18.8 Å². The fourth-order valence-corrected chi connectivity index (χ4v) is 5.73. The van der Waals surface area contributed by atoms with E-state index in [-0.39, 0.29) is 35.3 Å². The van der Waals surface area contributed by atoms with E-state index < -0.39 is 9.84 Å². The summed E-state index contributed by atoms with van der Waals surface area (Å²) in [7, 11) is -1.40. The molecule has 1 aromatic heterocycles. The molecule has 0 bridgehead atoms. The molecule has 0 aromatic carbocycles. The molecule has 0 radical (unpaired) electrons. The normalized spacial score (nSPS) is 19.4. The summed E-state index contributed by atoms with van der Waals surface area (Å²) in [6, 6.07) is 0.0176. The minimum absolute atomic E-state index is 0.0176. The van der Waals surface area contributed by atoms with Crippen LogP contribution >= 0.6 is 0 Å². The van der Waals surface area contributed by atoms with Crippen molar-refractivity contribution in [1.82, 2.24) is 20.0 Å². The van der Waals surface area contributed by atoms with Gasteiger partial charge in [0.05, 0.1) is 22.8 Å². The van der Waals surface area contributed by atoms with E-state index in [0.29, 0.717) is 31.5 Å². The maximum Gasteiger partial charge on any atom is 0.254 e. The molecule has 1 aromatic rings. The smallest absolute Gasteiger partial charge is 0.254 e. The highest BCUT2D eigenvalue weighted by Gasteiger charge is 2.30.